The lowest BCUT2D eigenvalue weighted by atomic mass is 10.0. The van der Waals surface area contributed by atoms with E-state index in [1.54, 1.807) is 32.4 Å². The Hall–Kier alpha value is -4.08. The van der Waals surface area contributed by atoms with Gasteiger partial charge in [-0.15, -0.1) is 0 Å². The Morgan fingerprint density at radius 2 is 1.74 bits per heavy atom. The van der Waals surface area contributed by atoms with Crippen molar-refractivity contribution in [3.05, 3.63) is 66.6 Å². The molecule has 0 bridgehead atoms. The number of hydrogen-bond donors (Lipinski definition) is 3. The first-order valence-corrected chi connectivity index (χ1v) is 10.4. The van der Waals surface area contributed by atoms with Crippen LogP contribution in [-0.2, 0) is 15.8 Å². The second-order valence-electron chi connectivity index (χ2n) is 8.44. The van der Waals surface area contributed by atoms with E-state index in [0.717, 1.165) is 34.2 Å². The minimum absolute atomic E-state index is 0.313. The molecular formula is C24H22F3N5O2. The summed E-state index contributed by atoms with van der Waals surface area (Å²) in [6, 6.07) is 10.4. The highest BCUT2D eigenvalue weighted by atomic mass is 19.4. The molecule has 2 aromatic carbocycles. The average molecular weight is 469 g/mol. The van der Waals surface area contributed by atoms with Gasteiger partial charge in [-0.3, -0.25) is 9.59 Å². The molecule has 4 aromatic rings. The van der Waals surface area contributed by atoms with E-state index in [2.05, 4.69) is 20.7 Å². The van der Waals surface area contributed by atoms with Crippen molar-refractivity contribution in [2.24, 2.45) is 0 Å². The molecule has 0 saturated heterocycles. The highest BCUT2D eigenvalue weighted by molar-refractivity contribution is 6.06. The molecule has 2 heterocycles. The minimum Gasteiger partial charge on any atom is -0.359 e. The number of anilines is 1. The summed E-state index contributed by atoms with van der Waals surface area (Å²) in [5, 5.41) is 10.5. The second-order valence-corrected chi connectivity index (χ2v) is 8.44. The maximum Gasteiger partial charge on any atom is 0.416 e. The van der Waals surface area contributed by atoms with Gasteiger partial charge in [0.2, 0.25) is 11.8 Å². The lowest BCUT2D eigenvalue weighted by molar-refractivity contribution is -0.137. The molecule has 0 radical (unpaired) electrons. The van der Waals surface area contributed by atoms with Gasteiger partial charge in [0.05, 0.1) is 23.1 Å². The Morgan fingerprint density at radius 1 is 1.03 bits per heavy atom. The number of nitrogens with one attached hydrogen (secondary N) is 3. The van der Waals surface area contributed by atoms with Crippen LogP contribution in [0.1, 0.15) is 26.3 Å². The summed E-state index contributed by atoms with van der Waals surface area (Å²) in [5.41, 5.74) is 1.58. The highest BCUT2D eigenvalue weighted by Crippen LogP contribution is 2.31. The lowest BCUT2D eigenvalue weighted by Crippen LogP contribution is -2.51. The van der Waals surface area contributed by atoms with E-state index >= 15 is 0 Å². The number of carbonyl (C=O) groups is 2. The molecule has 0 unspecified atom stereocenters. The largest absolute Gasteiger partial charge is 0.416 e. The van der Waals surface area contributed by atoms with Gasteiger partial charge in [-0.25, -0.2) is 4.68 Å². The van der Waals surface area contributed by atoms with Gasteiger partial charge in [-0.2, -0.15) is 18.3 Å². The third-order valence-corrected chi connectivity index (χ3v) is 5.36. The van der Waals surface area contributed by atoms with Gasteiger partial charge in [0.15, 0.2) is 0 Å². The Balaban J connectivity index is 1.60. The molecule has 2 aromatic heterocycles. The van der Waals surface area contributed by atoms with Crippen molar-refractivity contribution in [3.8, 4) is 16.8 Å². The van der Waals surface area contributed by atoms with Crippen LogP contribution in [0.3, 0.4) is 0 Å². The molecular weight excluding hydrogens is 447 g/mol. The molecule has 0 aliphatic carbocycles. The van der Waals surface area contributed by atoms with Crippen LogP contribution >= 0.6 is 0 Å². The number of H-pyrrole nitrogens is 1. The molecule has 2 amide bonds. The second kappa shape index (κ2) is 8.36. The molecule has 0 spiro atoms. The van der Waals surface area contributed by atoms with Crippen molar-refractivity contribution in [2.75, 3.05) is 5.32 Å². The fourth-order valence-electron chi connectivity index (χ4n) is 3.60. The number of amides is 2. The Labute approximate surface area is 193 Å². The zero-order chi connectivity index (χ0) is 24.7. The van der Waals surface area contributed by atoms with Gasteiger partial charge in [0, 0.05) is 35.8 Å². The summed E-state index contributed by atoms with van der Waals surface area (Å²) >= 11 is 0. The first kappa shape index (κ1) is 23.1. The molecule has 0 atom stereocenters. The van der Waals surface area contributed by atoms with E-state index in [1.165, 1.54) is 23.7 Å². The van der Waals surface area contributed by atoms with Gasteiger partial charge < -0.3 is 15.6 Å². The molecule has 0 saturated carbocycles. The number of halogens is 3. The number of aromatic nitrogens is 3. The van der Waals surface area contributed by atoms with E-state index in [-0.39, 0.29) is 11.8 Å². The fourth-order valence-corrected chi connectivity index (χ4v) is 3.60. The molecule has 34 heavy (non-hydrogen) atoms. The molecule has 176 valence electrons. The third kappa shape index (κ3) is 4.66. The molecule has 10 heteroatoms. The van der Waals surface area contributed by atoms with E-state index in [0.29, 0.717) is 11.4 Å². The number of hydrogen-bond acceptors (Lipinski definition) is 3. The molecule has 0 aliphatic heterocycles. The van der Waals surface area contributed by atoms with Gasteiger partial charge >= 0.3 is 6.18 Å². The maximum absolute atomic E-state index is 12.8. The first-order chi connectivity index (χ1) is 15.9. The highest BCUT2D eigenvalue weighted by Gasteiger charge is 2.30. The average Bonchev–Trinajstić information content (AvgIpc) is 3.40. The summed E-state index contributed by atoms with van der Waals surface area (Å²) in [4.78, 5) is 27.2. The number of aromatic amines is 1. The number of rotatable bonds is 5. The maximum atomic E-state index is 12.8. The molecule has 3 N–H and O–H groups in total. The van der Waals surface area contributed by atoms with Crippen molar-refractivity contribution in [3.63, 3.8) is 0 Å². The quantitative estimate of drug-likeness (QED) is 0.389. The van der Waals surface area contributed by atoms with Crippen LogP contribution in [-0.4, -0.2) is 32.1 Å². The van der Waals surface area contributed by atoms with Crippen LogP contribution < -0.4 is 10.6 Å². The first-order valence-electron chi connectivity index (χ1n) is 10.4. The Bertz CT molecular complexity index is 1370. The van der Waals surface area contributed by atoms with E-state index in [9.17, 15) is 22.8 Å². The minimum atomic E-state index is -4.40. The topological polar surface area (TPSA) is 91.8 Å². The lowest BCUT2D eigenvalue weighted by Gasteiger charge is -2.24. The van der Waals surface area contributed by atoms with Crippen LogP contribution in [0.5, 0.6) is 0 Å². The van der Waals surface area contributed by atoms with Crippen molar-refractivity contribution in [1.29, 1.82) is 0 Å². The number of benzene rings is 2. The zero-order valence-corrected chi connectivity index (χ0v) is 18.6. The van der Waals surface area contributed by atoms with Crippen LogP contribution in [0.2, 0.25) is 0 Å². The summed E-state index contributed by atoms with van der Waals surface area (Å²) < 4.78 is 39.9. The predicted molar refractivity (Wildman–Crippen MR) is 122 cm³/mol. The van der Waals surface area contributed by atoms with E-state index in [4.69, 9.17) is 0 Å². The summed E-state index contributed by atoms with van der Waals surface area (Å²) in [6.07, 6.45) is 0.601. The van der Waals surface area contributed by atoms with Crippen LogP contribution in [0.15, 0.2) is 61.1 Å². The normalized spacial score (nSPS) is 12.1. The van der Waals surface area contributed by atoms with Gasteiger partial charge in [0.25, 0.3) is 0 Å². The number of alkyl halides is 3. The number of carbonyl (C=O) groups excluding carboxylic acids is 2. The van der Waals surface area contributed by atoms with Crippen molar-refractivity contribution in [1.82, 2.24) is 20.1 Å². The predicted octanol–water partition coefficient (Wildman–Crippen LogP) is 4.89. The fraction of sp³-hybridized carbons (Fsp3) is 0.208. The molecule has 0 fully saturated rings. The number of fused-ring (bicyclic) bond motifs is 1. The summed E-state index contributed by atoms with van der Waals surface area (Å²) in [5.74, 6) is -0.685. The third-order valence-electron chi connectivity index (χ3n) is 5.36. The van der Waals surface area contributed by atoms with Crippen LogP contribution in [0, 0.1) is 0 Å². The smallest absolute Gasteiger partial charge is 0.359 e. The van der Waals surface area contributed by atoms with E-state index in [1.807, 2.05) is 18.2 Å². The molecule has 0 aliphatic rings. The van der Waals surface area contributed by atoms with Gasteiger partial charge in [-0.1, -0.05) is 6.07 Å². The number of nitrogens with zero attached hydrogens (tertiary/aromatic N) is 2. The standard InChI is InChI=1S/C24H22F3N5O2/c1-14(33)31-23(2,3)22(34)30-21-12-28-20-9-4-15(10-19(20)21)16-11-29-32(13-16)18-7-5-17(6-8-18)24(25,26)27/h4-13,28H,1-3H3,(H,30,34)(H,31,33). The summed E-state index contributed by atoms with van der Waals surface area (Å²) in [6.45, 7) is 4.57. The Morgan fingerprint density at radius 3 is 2.38 bits per heavy atom. The molecule has 4 rings (SSSR count). The van der Waals surface area contributed by atoms with Crippen LogP contribution in [0.25, 0.3) is 27.7 Å². The Kier molecular flexibility index (Phi) is 5.68. The SMILES string of the molecule is CC(=O)NC(C)(C)C(=O)Nc1c[nH]c2ccc(-c3cnn(-c4ccc(C(F)(F)F)cc4)c3)cc12. The van der Waals surface area contributed by atoms with Gasteiger partial charge in [0.1, 0.15) is 5.54 Å². The van der Waals surface area contributed by atoms with Crippen molar-refractivity contribution >= 4 is 28.4 Å². The van der Waals surface area contributed by atoms with Crippen LogP contribution in [0.4, 0.5) is 18.9 Å². The zero-order valence-electron chi connectivity index (χ0n) is 18.6. The molecule has 7 nitrogen and oxygen atoms in total. The van der Waals surface area contributed by atoms with Gasteiger partial charge in [-0.05, 0) is 55.8 Å². The van der Waals surface area contributed by atoms with Crippen molar-refractivity contribution in [2.45, 2.75) is 32.5 Å². The summed E-state index contributed by atoms with van der Waals surface area (Å²) in [7, 11) is 0. The van der Waals surface area contributed by atoms with Crippen molar-refractivity contribution < 1.29 is 22.8 Å². The monoisotopic (exact) mass is 469 g/mol. The van der Waals surface area contributed by atoms with E-state index < -0.39 is 17.3 Å².